The molecule has 0 N–H and O–H groups in total. The second-order valence-electron chi connectivity index (χ2n) is 8.40. The first-order valence-corrected chi connectivity index (χ1v) is 12.0. The average Bonchev–Trinajstić information content (AvgIpc) is 3.45. The maximum Gasteiger partial charge on any atom is 0.283 e. The van der Waals surface area contributed by atoms with Gasteiger partial charge in [-0.1, -0.05) is 35.3 Å². The largest absolute Gasteiger partial charge is 0.493 e. The number of hydrogen-bond donors (Lipinski definition) is 0. The minimum absolute atomic E-state index is 0.374. The molecule has 8 heteroatoms. The number of nitrogens with zero attached hydrogens (tertiary/aromatic N) is 3. The van der Waals surface area contributed by atoms with E-state index in [-0.39, 0.29) is 0 Å². The number of likely N-dealkylation sites (tertiary alicyclic amines) is 1. The van der Waals surface area contributed by atoms with Gasteiger partial charge < -0.3 is 18.5 Å². The summed E-state index contributed by atoms with van der Waals surface area (Å²) in [6.45, 7) is 5.57. The van der Waals surface area contributed by atoms with Crippen molar-refractivity contribution in [1.29, 1.82) is 0 Å². The molecule has 0 aliphatic carbocycles. The summed E-state index contributed by atoms with van der Waals surface area (Å²) < 4.78 is 17.4. The van der Waals surface area contributed by atoms with Crippen molar-refractivity contribution in [3.8, 4) is 17.4 Å². The van der Waals surface area contributed by atoms with Crippen LogP contribution >= 0.6 is 23.2 Å². The molecule has 2 aromatic carbocycles. The second-order valence-corrected chi connectivity index (χ2v) is 9.21. The van der Waals surface area contributed by atoms with E-state index in [1.165, 1.54) is 5.56 Å². The molecule has 0 radical (unpaired) electrons. The third kappa shape index (κ3) is 5.03. The zero-order valence-electron chi connectivity index (χ0n) is 18.4. The fourth-order valence-corrected chi connectivity index (χ4v) is 4.69. The predicted octanol–water partition coefficient (Wildman–Crippen LogP) is 6.75. The highest BCUT2D eigenvalue weighted by atomic mass is 35.5. The molecular weight excluding hydrogens is 461 g/mol. The molecule has 0 unspecified atom stereocenters. The Balaban J connectivity index is 1.12. The Kier molecular flexibility index (Phi) is 6.58. The van der Waals surface area contributed by atoms with E-state index in [1.54, 1.807) is 6.92 Å². The average molecular weight is 486 g/mol. The van der Waals surface area contributed by atoms with Crippen molar-refractivity contribution in [2.24, 2.45) is 0 Å². The summed E-state index contributed by atoms with van der Waals surface area (Å²) in [6, 6.07) is 13.7. The number of piperidine rings is 1. The van der Waals surface area contributed by atoms with Crippen molar-refractivity contribution >= 4 is 34.2 Å². The van der Waals surface area contributed by atoms with Crippen molar-refractivity contribution in [1.82, 2.24) is 15.1 Å². The summed E-state index contributed by atoms with van der Waals surface area (Å²) in [7, 11) is 0. The van der Waals surface area contributed by atoms with Gasteiger partial charge in [-0.05, 0) is 68.1 Å². The summed E-state index contributed by atoms with van der Waals surface area (Å²) in [5, 5.41) is 10.1. The van der Waals surface area contributed by atoms with E-state index < -0.39 is 0 Å². The summed E-state index contributed by atoms with van der Waals surface area (Å²) >= 11 is 12.2. The molecule has 33 heavy (non-hydrogen) atoms. The lowest BCUT2D eigenvalue weighted by Gasteiger charge is -2.32. The van der Waals surface area contributed by atoms with Gasteiger partial charge in [0.15, 0.2) is 5.76 Å². The maximum absolute atomic E-state index is 6.19. The van der Waals surface area contributed by atoms with E-state index in [9.17, 15) is 0 Å². The Hall–Kier alpha value is -2.54. The van der Waals surface area contributed by atoms with Gasteiger partial charge in [0.1, 0.15) is 11.3 Å². The number of halogens is 2. The van der Waals surface area contributed by atoms with Crippen LogP contribution in [0.2, 0.25) is 10.0 Å². The van der Waals surface area contributed by atoms with Crippen LogP contribution in [0, 0.1) is 6.92 Å². The van der Waals surface area contributed by atoms with Crippen molar-refractivity contribution in [2.75, 3.05) is 26.2 Å². The minimum Gasteiger partial charge on any atom is -0.493 e. The number of benzene rings is 2. The van der Waals surface area contributed by atoms with Gasteiger partial charge in [-0.3, -0.25) is 0 Å². The number of rotatable bonds is 7. The standard InChI is InChI=1S/C25H25Cl2N3O3/c1-16-28-29-25(32-16)24-15-19-22(4-2-5-23(19)33-24)31-13-3-10-30-11-8-17(9-12-30)18-6-7-20(26)21(27)14-18/h2,4-7,14-15,17H,3,8-13H2,1H3. The molecule has 0 saturated carbocycles. The Morgan fingerprint density at radius 1 is 1.03 bits per heavy atom. The van der Waals surface area contributed by atoms with Crippen molar-refractivity contribution in [2.45, 2.75) is 32.1 Å². The fourth-order valence-electron chi connectivity index (χ4n) is 4.39. The van der Waals surface area contributed by atoms with Gasteiger partial charge in [-0.2, -0.15) is 0 Å². The highest BCUT2D eigenvalue weighted by Crippen LogP contribution is 2.34. The van der Waals surface area contributed by atoms with Crippen LogP contribution in [0.4, 0.5) is 0 Å². The number of aromatic nitrogens is 2. The van der Waals surface area contributed by atoms with Crippen LogP contribution in [0.5, 0.6) is 5.75 Å². The van der Waals surface area contributed by atoms with Crippen LogP contribution in [-0.2, 0) is 0 Å². The number of ether oxygens (including phenoxy) is 1. The number of fused-ring (bicyclic) bond motifs is 1. The first-order chi connectivity index (χ1) is 16.1. The van der Waals surface area contributed by atoms with Crippen molar-refractivity contribution in [3.05, 3.63) is 64.0 Å². The van der Waals surface area contributed by atoms with E-state index in [0.717, 1.165) is 55.6 Å². The zero-order chi connectivity index (χ0) is 22.8. The Morgan fingerprint density at radius 3 is 2.64 bits per heavy atom. The quantitative estimate of drug-likeness (QED) is 0.270. The van der Waals surface area contributed by atoms with Crippen LogP contribution in [0.15, 0.2) is 51.3 Å². The summed E-state index contributed by atoms with van der Waals surface area (Å²) in [6.07, 6.45) is 3.22. The summed E-state index contributed by atoms with van der Waals surface area (Å²) in [4.78, 5) is 2.51. The third-order valence-corrected chi connectivity index (χ3v) is 6.88. The predicted molar refractivity (Wildman–Crippen MR) is 129 cm³/mol. The number of hydrogen-bond acceptors (Lipinski definition) is 6. The molecule has 2 aromatic heterocycles. The molecule has 1 saturated heterocycles. The Labute approximate surface area is 202 Å². The lowest BCUT2D eigenvalue weighted by molar-refractivity contribution is 0.193. The highest BCUT2D eigenvalue weighted by Gasteiger charge is 2.21. The molecule has 3 heterocycles. The Morgan fingerprint density at radius 2 is 1.88 bits per heavy atom. The van der Waals surface area contributed by atoms with Crippen molar-refractivity contribution in [3.63, 3.8) is 0 Å². The van der Waals surface area contributed by atoms with Crippen LogP contribution < -0.4 is 4.74 Å². The first kappa shape index (κ1) is 22.3. The molecule has 0 amide bonds. The molecule has 0 spiro atoms. The molecule has 5 rings (SSSR count). The normalized spacial score (nSPS) is 15.4. The van der Waals surface area contributed by atoms with Gasteiger partial charge in [0, 0.05) is 19.5 Å². The molecule has 1 fully saturated rings. The van der Waals surface area contributed by atoms with Gasteiger partial charge in [0.05, 0.1) is 22.0 Å². The summed E-state index contributed by atoms with van der Waals surface area (Å²) in [5.74, 6) is 2.77. The van der Waals surface area contributed by atoms with E-state index in [4.69, 9.17) is 36.8 Å². The minimum atomic E-state index is 0.374. The van der Waals surface area contributed by atoms with E-state index in [0.29, 0.717) is 40.1 Å². The molecule has 0 atom stereocenters. The van der Waals surface area contributed by atoms with E-state index in [2.05, 4.69) is 21.2 Å². The molecule has 6 nitrogen and oxygen atoms in total. The van der Waals surface area contributed by atoms with Crippen LogP contribution in [0.3, 0.4) is 0 Å². The SMILES string of the molecule is Cc1nnc(-c2cc3c(OCCCN4CCC(c5ccc(Cl)c(Cl)c5)CC4)cccc3o2)o1. The molecule has 0 bridgehead atoms. The summed E-state index contributed by atoms with van der Waals surface area (Å²) in [5.41, 5.74) is 2.03. The monoisotopic (exact) mass is 485 g/mol. The topological polar surface area (TPSA) is 64.5 Å². The van der Waals surface area contributed by atoms with E-state index >= 15 is 0 Å². The molecular formula is C25H25Cl2N3O3. The molecule has 1 aliphatic heterocycles. The second kappa shape index (κ2) is 9.75. The van der Waals surface area contributed by atoms with Gasteiger partial charge in [-0.15, -0.1) is 10.2 Å². The lowest BCUT2D eigenvalue weighted by Crippen LogP contribution is -2.34. The smallest absolute Gasteiger partial charge is 0.283 e. The number of aryl methyl sites for hydroxylation is 1. The Bertz CT molecular complexity index is 1240. The van der Waals surface area contributed by atoms with Gasteiger partial charge in [0.2, 0.25) is 5.89 Å². The third-order valence-electron chi connectivity index (χ3n) is 6.14. The van der Waals surface area contributed by atoms with Crippen molar-refractivity contribution < 1.29 is 13.6 Å². The van der Waals surface area contributed by atoms with Gasteiger partial charge in [0.25, 0.3) is 5.89 Å². The molecule has 172 valence electrons. The number of furan rings is 1. The van der Waals surface area contributed by atoms with Crippen LogP contribution in [-0.4, -0.2) is 41.3 Å². The molecule has 4 aromatic rings. The zero-order valence-corrected chi connectivity index (χ0v) is 19.9. The van der Waals surface area contributed by atoms with Gasteiger partial charge in [-0.25, -0.2) is 0 Å². The highest BCUT2D eigenvalue weighted by molar-refractivity contribution is 6.42. The lowest BCUT2D eigenvalue weighted by atomic mass is 9.89. The maximum atomic E-state index is 6.19. The van der Waals surface area contributed by atoms with Gasteiger partial charge >= 0.3 is 0 Å². The van der Waals surface area contributed by atoms with Crippen LogP contribution in [0.1, 0.15) is 36.6 Å². The van der Waals surface area contributed by atoms with E-state index in [1.807, 2.05) is 36.4 Å². The van der Waals surface area contributed by atoms with Crippen LogP contribution in [0.25, 0.3) is 22.6 Å². The fraction of sp³-hybridized carbons (Fsp3) is 0.360. The molecule has 1 aliphatic rings. The first-order valence-electron chi connectivity index (χ1n) is 11.2.